The van der Waals surface area contributed by atoms with E-state index in [1.807, 2.05) is 39.0 Å². The number of benzene rings is 1. The van der Waals surface area contributed by atoms with Crippen LogP contribution in [0, 0.1) is 12.8 Å². The molecule has 1 saturated carbocycles. The van der Waals surface area contributed by atoms with Crippen molar-refractivity contribution in [2.24, 2.45) is 5.92 Å². The smallest absolute Gasteiger partial charge is 0.331 e. The van der Waals surface area contributed by atoms with E-state index in [-0.39, 0.29) is 23.7 Å². The van der Waals surface area contributed by atoms with Crippen molar-refractivity contribution in [2.45, 2.75) is 57.9 Å². The van der Waals surface area contributed by atoms with Crippen molar-refractivity contribution >= 4 is 11.9 Å². The number of esters is 1. The summed E-state index contributed by atoms with van der Waals surface area (Å²) in [5.74, 6) is -0.0247. The van der Waals surface area contributed by atoms with E-state index in [0.29, 0.717) is 6.42 Å². The highest BCUT2D eigenvalue weighted by atomic mass is 16.5. The molecule has 138 valence electrons. The molecule has 3 atom stereocenters. The van der Waals surface area contributed by atoms with Gasteiger partial charge in [0.1, 0.15) is 11.3 Å². The van der Waals surface area contributed by atoms with E-state index in [0.717, 1.165) is 36.1 Å². The van der Waals surface area contributed by atoms with Crippen LogP contribution in [0.1, 0.15) is 56.6 Å². The van der Waals surface area contributed by atoms with Crippen LogP contribution in [0.3, 0.4) is 0 Å². The maximum atomic E-state index is 12.9. The number of methoxy groups -OCH3 is 2. The van der Waals surface area contributed by atoms with Crippen LogP contribution in [0.2, 0.25) is 0 Å². The van der Waals surface area contributed by atoms with Crippen molar-refractivity contribution in [1.82, 2.24) is 5.32 Å². The number of nitrogens with one attached hydrogen (secondary N) is 1. The second kappa shape index (κ2) is 7.89. The Morgan fingerprint density at radius 1 is 1.28 bits per heavy atom. The molecule has 1 aromatic carbocycles. The summed E-state index contributed by atoms with van der Waals surface area (Å²) in [5, 5.41) is 3.04. The fraction of sp³-hybridized carbons (Fsp3) is 0.600. The molecule has 3 unspecified atom stereocenters. The zero-order chi connectivity index (χ0) is 18.6. The zero-order valence-corrected chi connectivity index (χ0v) is 15.8. The highest BCUT2D eigenvalue weighted by Crippen LogP contribution is 2.35. The minimum atomic E-state index is -0.918. The molecule has 1 amide bonds. The van der Waals surface area contributed by atoms with E-state index in [1.54, 1.807) is 7.11 Å². The SMILES string of the molecule is COC(=O)C1(NC(=O)C(C)c2ccc(OC)cc2C)CCCCC1C. The molecule has 0 aliphatic heterocycles. The summed E-state index contributed by atoms with van der Waals surface area (Å²) in [5.41, 5.74) is 1.01. The van der Waals surface area contributed by atoms with Crippen LogP contribution in [0.5, 0.6) is 5.75 Å². The van der Waals surface area contributed by atoms with Crippen LogP contribution < -0.4 is 10.1 Å². The van der Waals surface area contributed by atoms with Gasteiger partial charge in [-0.2, -0.15) is 0 Å². The summed E-state index contributed by atoms with van der Waals surface area (Å²) < 4.78 is 10.3. The first-order chi connectivity index (χ1) is 11.9. The molecular weight excluding hydrogens is 318 g/mol. The molecule has 0 heterocycles. The third-order valence-electron chi connectivity index (χ3n) is 5.53. The van der Waals surface area contributed by atoms with E-state index < -0.39 is 5.54 Å². The molecule has 0 radical (unpaired) electrons. The molecule has 0 aromatic heterocycles. The summed E-state index contributed by atoms with van der Waals surface area (Å²) in [6.07, 6.45) is 3.52. The Morgan fingerprint density at radius 2 is 2.00 bits per heavy atom. The fourth-order valence-electron chi connectivity index (χ4n) is 3.80. The Morgan fingerprint density at radius 3 is 2.56 bits per heavy atom. The topological polar surface area (TPSA) is 64.6 Å². The number of carbonyl (C=O) groups is 2. The maximum absolute atomic E-state index is 12.9. The Hall–Kier alpha value is -2.04. The molecule has 2 rings (SSSR count). The van der Waals surface area contributed by atoms with Gasteiger partial charge in [0.25, 0.3) is 0 Å². The predicted molar refractivity (Wildman–Crippen MR) is 96.7 cm³/mol. The van der Waals surface area contributed by atoms with Gasteiger partial charge in [0.15, 0.2) is 0 Å². The molecule has 5 heteroatoms. The summed E-state index contributed by atoms with van der Waals surface area (Å²) in [6.45, 7) is 5.84. The highest BCUT2D eigenvalue weighted by Gasteiger charge is 2.47. The molecule has 1 fully saturated rings. The average molecular weight is 347 g/mol. The van der Waals surface area contributed by atoms with E-state index in [4.69, 9.17) is 9.47 Å². The van der Waals surface area contributed by atoms with Gasteiger partial charge >= 0.3 is 5.97 Å². The van der Waals surface area contributed by atoms with Gasteiger partial charge < -0.3 is 14.8 Å². The zero-order valence-electron chi connectivity index (χ0n) is 15.8. The van der Waals surface area contributed by atoms with Gasteiger partial charge in [-0.15, -0.1) is 0 Å². The Labute approximate surface area is 150 Å². The van der Waals surface area contributed by atoms with Gasteiger partial charge in [0.05, 0.1) is 20.1 Å². The number of aryl methyl sites for hydroxylation is 1. The number of rotatable bonds is 5. The molecule has 25 heavy (non-hydrogen) atoms. The second-order valence-corrected chi connectivity index (χ2v) is 7.04. The maximum Gasteiger partial charge on any atom is 0.331 e. The van der Waals surface area contributed by atoms with Crippen LogP contribution in [-0.4, -0.2) is 31.6 Å². The molecule has 1 aliphatic rings. The molecule has 1 aromatic rings. The van der Waals surface area contributed by atoms with Crippen LogP contribution in [0.4, 0.5) is 0 Å². The first-order valence-corrected chi connectivity index (χ1v) is 8.90. The Kier molecular flexibility index (Phi) is 6.09. The van der Waals surface area contributed by atoms with Gasteiger partial charge in [0.2, 0.25) is 5.91 Å². The molecule has 1 aliphatic carbocycles. The lowest BCUT2D eigenvalue weighted by atomic mass is 9.73. The minimum Gasteiger partial charge on any atom is -0.497 e. The van der Waals surface area contributed by atoms with Gasteiger partial charge in [-0.25, -0.2) is 4.79 Å². The van der Waals surface area contributed by atoms with E-state index in [9.17, 15) is 9.59 Å². The van der Waals surface area contributed by atoms with Crippen LogP contribution in [-0.2, 0) is 14.3 Å². The monoisotopic (exact) mass is 347 g/mol. The lowest BCUT2D eigenvalue weighted by Crippen LogP contribution is -2.61. The van der Waals surface area contributed by atoms with Crippen molar-refractivity contribution in [3.05, 3.63) is 29.3 Å². The summed E-state index contributed by atoms with van der Waals surface area (Å²) in [4.78, 5) is 25.4. The number of hydrogen-bond donors (Lipinski definition) is 1. The van der Waals surface area contributed by atoms with Crippen molar-refractivity contribution in [1.29, 1.82) is 0 Å². The highest BCUT2D eigenvalue weighted by molar-refractivity contribution is 5.91. The van der Waals surface area contributed by atoms with Crippen LogP contribution in [0.15, 0.2) is 18.2 Å². The summed E-state index contributed by atoms with van der Waals surface area (Å²) in [6, 6.07) is 5.68. The fourth-order valence-corrected chi connectivity index (χ4v) is 3.80. The van der Waals surface area contributed by atoms with Gasteiger partial charge in [-0.1, -0.05) is 25.8 Å². The van der Waals surface area contributed by atoms with E-state index in [1.165, 1.54) is 7.11 Å². The third kappa shape index (κ3) is 3.80. The molecular formula is C20H29NO4. The first kappa shape index (κ1) is 19.3. The van der Waals surface area contributed by atoms with Crippen molar-refractivity contribution in [3.63, 3.8) is 0 Å². The lowest BCUT2D eigenvalue weighted by molar-refractivity contribution is -0.155. The Balaban J connectivity index is 2.24. The van der Waals surface area contributed by atoms with Gasteiger partial charge in [0, 0.05) is 0 Å². The Bertz CT molecular complexity index is 643. The molecule has 0 bridgehead atoms. The largest absolute Gasteiger partial charge is 0.497 e. The van der Waals surface area contributed by atoms with Crippen molar-refractivity contribution in [2.75, 3.05) is 14.2 Å². The molecule has 1 N–H and O–H groups in total. The normalized spacial score (nSPS) is 24.3. The molecule has 0 saturated heterocycles. The van der Waals surface area contributed by atoms with Crippen molar-refractivity contribution in [3.8, 4) is 5.75 Å². The second-order valence-electron chi connectivity index (χ2n) is 7.04. The lowest BCUT2D eigenvalue weighted by Gasteiger charge is -2.41. The van der Waals surface area contributed by atoms with E-state index >= 15 is 0 Å². The predicted octanol–water partition coefficient (Wildman–Crippen LogP) is 3.35. The van der Waals surface area contributed by atoms with Crippen molar-refractivity contribution < 1.29 is 19.1 Å². The molecule has 0 spiro atoms. The third-order valence-corrected chi connectivity index (χ3v) is 5.53. The van der Waals surface area contributed by atoms with E-state index in [2.05, 4.69) is 5.32 Å². The summed E-state index contributed by atoms with van der Waals surface area (Å²) in [7, 11) is 3.00. The average Bonchev–Trinajstić information content (AvgIpc) is 2.62. The standard InChI is InChI=1S/C20H29NO4/c1-13-12-16(24-4)9-10-17(13)15(3)18(22)21-20(19(23)25-5)11-7-6-8-14(20)2/h9-10,12,14-15H,6-8,11H2,1-5H3,(H,21,22). The van der Waals surface area contributed by atoms with Crippen LogP contribution >= 0.6 is 0 Å². The number of ether oxygens (including phenoxy) is 2. The first-order valence-electron chi connectivity index (χ1n) is 8.90. The number of carbonyl (C=O) groups excluding carboxylic acids is 2. The van der Waals surface area contributed by atoms with Gasteiger partial charge in [-0.05, 0) is 55.9 Å². The molecule has 5 nitrogen and oxygen atoms in total. The number of amides is 1. The minimum absolute atomic E-state index is 0.0572. The number of hydrogen-bond acceptors (Lipinski definition) is 4. The van der Waals surface area contributed by atoms with Gasteiger partial charge in [-0.3, -0.25) is 4.79 Å². The summed E-state index contributed by atoms with van der Waals surface area (Å²) >= 11 is 0. The van der Waals surface area contributed by atoms with Crippen LogP contribution in [0.25, 0.3) is 0 Å². The quantitative estimate of drug-likeness (QED) is 0.830.